The number of carbonyl (C=O) groups is 2. The molecule has 1 heterocycles. The zero-order valence-corrected chi connectivity index (χ0v) is 12.4. The van der Waals surface area contributed by atoms with Crippen LogP contribution in [-0.2, 0) is 9.53 Å². The van der Waals surface area contributed by atoms with E-state index >= 15 is 0 Å². The quantitative estimate of drug-likeness (QED) is 0.928. The first-order chi connectivity index (χ1) is 9.45. The smallest absolute Gasteiger partial charge is 0.409 e. The number of carbonyl (C=O) groups excluding carboxylic acids is 2. The van der Waals surface area contributed by atoms with Crippen molar-refractivity contribution in [1.29, 1.82) is 0 Å². The number of anilines is 1. The molecule has 20 heavy (non-hydrogen) atoms. The SMILES string of the molecule is CN1CC(CCC(=O)Nc2cc(Cl)ccc2Cl)OC1=O. The molecule has 1 fully saturated rings. The Hall–Kier alpha value is -1.46. The molecular weight excluding hydrogens is 303 g/mol. The zero-order valence-electron chi connectivity index (χ0n) is 10.9. The lowest BCUT2D eigenvalue weighted by atomic mass is 10.2. The van der Waals surface area contributed by atoms with E-state index in [0.29, 0.717) is 28.7 Å². The molecule has 1 aliphatic heterocycles. The summed E-state index contributed by atoms with van der Waals surface area (Å²) in [7, 11) is 1.66. The molecule has 108 valence electrons. The number of nitrogens with one attached hydrogen (secondary N) is 1. The predicted molar refractivity (Wildman–Crippen MR) is 77.2 cm³/mol. The highest BCUT2D eigenvalue weighted by Gasteiger charge is 2.28. The van der Waals surface area contributed by atoms with Crippen LogP contribution in [0.2, 0.25) is 10.0 Å². The van der Waals surface area contributed by atoms with Gasteiger partial charge in [-0.3, -0.25) is 4.79 Å². The fraction of sp³-hybridized carbons (Fsp3) is 0.385. The third-order valence-electron chi connectivity index (χ3n) is 2.95. The summed E-state index contributed by atoms with van der Waals surface area (Å²) in [5.74, 6) is -0.195. The average molecular weight is 317 g/mol. The molecule has 0 radical (unpaired) electrons. The second-order valence-corrected chi connectivity index (χ2v) is 5.44. The second-order valence-electron chi connectivity index (χ2n) is 4.60. The first-order valence-corrected chi connectivity index (χ1v) is 6.88. The fourth-order valence-corrected chi connectivity index (χ4v) is 2.23. The number of cyclic esters (lactones) is 1. The van der Waals surface area contributed by atoms with Crippen molar-refractivity contribution in [1.82, 2.24) is 4.90 Å². The van der Waals surface area contributed by atoms with Crippen molar-refractivity contribution in [3.05, 3.63) is 28.2 Å². The number of ether oxygens (including phenoxy) is 1. The summed E-state index contributed by atoms with van der Waals surface area (Å²) in [5, 5.41) is 3.61. The van der Waals surface area contributed by atoms with E-state index in [9.17, 15) is 9.59 Å². The number of rotatable bonds is 4. The van der Waals surface area contributed by atoms with Gasteiger partial charge in [0.2, 0.25) is 5.91 Å². The first kappa shape index (κ1) is 14.9. The minimum Gasteiger partial charge on any atom is -0.444 e. The maximum Gasteiger partial charge on any atom is 0.409 e. The standard InChI is InChI=1S/C13H14Cl2N2O3/c1-17-7-9(20-13(17)19)3-5-12(18)16-11-6-8(14)2-4-10(11)15/h2,4,6,9H,3,5,7H2,1H3,(H,16,18). The third-order valence-corrected chi connectivity index (χ3v) is 3.52. The molecule has 1 atom stereocenters. The topological polar surface area (TPSA) is 58.6 Å². The van der Waals surface area contributed by atoms with E-state index in [4.69, 9.17) is 27.9 Å². The van der Waals surface area contributed by atoms with Gasteiger partial charge in [-0.15, -0.1) is 0 Å². The van der Waals surface area contributed by atoms with E-state index in [1.54, 1.807) is 25.2 Å². The molecule has 1 N–H and O–H groups in total. The fourth-order valence-electron chi connectivity index (χ4n) is 1.90. The van der Waals surface area contributed by atoms with Gasteiger partial charge in [0.15, 0.2) is 0 Å². The summed E-state index contributed by atoms with van der Waals surface area (Å²) < 4.78 is 5.08. The Morgan fingerprint density at radius 2 is 2.25 bits per heavy atom. The Labute approximate surface area is 126 Å². The van der Waals surface area contributed by atoms with Crippen LogP contribution in [-0.4, -0.2) is 36.6 Å². The Morgan fingerprint density at radius 3 is 2.90 bits per heavy atom. The van der Waals surface area contributed by atoms with E-state index in [2.05, 4.69) is 5.32 Å². The maximum atomic E-state index is 11.8. The van der Waals surface area contributed by atoms with E-state index < -0.39 is 0 Å². The molecular formula is C13H14Cl2N2O3. The molecule has 1 unspecified atom stereocenters. The summed E-state index contributed by atoms with van der Waals surface area (Å²) >= 11 is 11.8. The molecule has 1 aromatic carbocycles. The van der Waals surface area contributed by atoms with Crippen molar-refractivity contribution < 1.29 is 14.3 Å². The molecule has 0 aliphatic carbocycles. The first-order valence-electron chi connectivity index (χ1n) is 6.12. The minimum absolute atomic E-state index is 0.195. The van der Waals surface area contributed by atoms with Gasteiger partial charge in [-0.2, -0.15) is 0 Å². The summed E-state index contributed by atoms with van der Waals surface area (Å²) in [5.41, 5.74) is 0.477. The van der Waals surface area contributed by atoms with Crippen LogP contribution >= 0.6 is 23.2 Å². The van der Waals surface area contributed by atoms with Gasteiger partial charge in [-0.1, -0.05) is 23.2 Å². The van der Waals surface area contributed by atoms with Crippen LogP contribution in [0, 0.1) is 0 Å². The van der Waals surface area contributed by atoms with Crippen LogP contribution in [0.15, 0.2) is 18.2 Å². The van der Waals surface area contributed by atoms with Crippen LogP contribution in [0.1, 0.15) is 12.8 Å². The summed E-state index contributed by atoms with van der Waals surface area (Å²) in [6.45, 7) is 0.504. The van der Waals surface area contributed by atoms with Crippen molar-refractivity contribution in [3.63, 3.8) is 0 Å². The number of benzene rings is 1. The van der Waals surface area contributed by atoms with Crippen molar-refractivity contribution in [2.75, 3.05) is 18.9 Å². The van der Waals surface area contributed by atoms with Crippen molar-refractivity contribution in [2.24, 2.45) is 0 Å². The summed E-state index contributed by atoms with van der Waals surface area (Å²) in [4.78, 5) is 24.5. The van der Waals surface area contributed by atoms with E-state index in [-0.39, 0.29) is 24.5 Å². The number of nitrogens with zero attached hydrogens (tertiary/aromatic N) is 1. The highest BCUT2D eigenvalue weighted by molar-refractivity contribution is 6.35. The predicted octanol–water partition coefficient (Wildman–Crippen LogP) is 3.16. The molecule has 0 spiro atoms. The average Bonchev–Trinajstić information content (AvgIpc) is 2.71. The maximum absolute atomic E-state index is 11.8. The normalized spacial score (nSPS) is 18.1. The van der Waals surface area contributed by atoms with E-state index in [1.807, 2.05) is 0 Å². The van der Waals surface area contributed by atoms with Gasteiger partial charge in [0.25, 0.3) is 0 Å². The summed E-state index contributed by atoms with van der Waals surface area (Å²) in [6.07, 6.45) is 0.121. The van der Waals surface area contributed by atoms with Gasteiger partial charge in [0, 0.05) is 18.5 Å². The Morgan fingerprint density at radius 1 is 1.50 bits per heavy atom. The van der Waals surface area contributed by atoms with Gasteiger partial charge >= 0.3 is 6.09 Å². The Bertz CT molecular complexity index is 536. The number of halogens is 2. The number of amides is 2. The molecule has 2 rings (SSSR count). The van der Waals surface area contributed by atoms with Gasteiger partial charge < -0.3 is 15.0 Å². The molecule has 1 saturated heterocycles. The third kappa shape index (κ3) is 3.77. The molecule has 1 aromatic rings. The Kier molecular flexibility index (Phi) is 4.73. The lowest BCUT2D eigenvalue weighted by molar-refractivity contribution is -0.116. The van der Waals surface area contributed by atoms with Crippen LogP contribution < -0.4 is 5.32 Å². The lowest BCUT2D eigenvalue weighted by Gasteiger charge is -2.10. The minimum atomic E-state index is -0.353. The van der Waals surface area contributed by atoms with E-state index in [1.165, 1.54) is 4.90 Å². The largest absolute Gasteiger partial charge is 0.444 e. The molecule has 2 amide bonds. The molecule has 5 nitrogen and oxygen atoms in total. The molecule has 1 aliphatic rings. The van der Waals surface area contributed by atoms with Crippen LogP contribution in [0.4, 0.5) is 10.5 Å². The molecule has 7 heteroatoms. The van der Waals surface area contributed by atoms with Crippen molar-refractivity contribution in [2.45, 2.75) is 18.9 Å². The van der Waals surface area contributed by atoms with Crippen LogP contribution in [0.3, 0.4) is 0 Å². The van der Waals surface area contributed by atoms with Crippen molar-refractivity contribution in [3.8, 4) is 0 Å². The molecule has 0 saturated carbocycles. The van der Waals surface area contributed by atoms with Gasteiger partial charge in [-0.25, -0.2) is 4.79 Å². The highest BCUT2D eigenvalue weighted by atomic mass is 35.5. The van der Waals surface area contributed by atoms with Gasteiger partial charge in [-0.05, 0) is 24.6 Å². The molecule has 0 aromatic heterocycles. The number of likely N-dealkylation sites (N-methyl/N-ethyl adjacent to an activating group) is 1. The number of hydrogen-bond donors (Lipinski definition) is 1. The van der Waals surface area contributed by atoms with Crippen LogP contribution in [0.5, 0.6) is 0 Å². The van der Waals surface area contributed by atoms with E-state index in [0.717, 1.165) is 0 Å². The second kappa shape index (κ2) is 6.33. The zero-order chi connectivity index (χ0) is 14.7. The summed E-state index contributed by atoms with van der Waals surface area (Å²) in [6, 6.07) is 4.85. The Balaban J connectivity index is 1.84. The molecule has 0 bridgehead atoms. The van der Waals surface area contributed by atoms with Gasteiger partial charge in [0.1, 0.15) is 6.10 Å². The number of hydrogen-bond acceptors (Lipinski definition) is 3. The monoisotopic (exact) mass is 316 g/mol. The van der Waals surface area contributed by atoms with Crippen molar-refractivity contribution >= 4 is 40.9 Å². The highest BCUT2D eigenvalue weighted by Crippen LogP contribution is 2.25. The lowest BCUT2D eigenvalue weighted by Crippen LogP contribution is -2.20. The van der Waals surface area contributed by atoms with Gasteiger partial charge in [0.05, 0.1) is 17.3 Å². The van der Waals surface area contributed by atoms with Crippen LogP contribution in [0.25, 0.3) is 0 Å².